The first-order valence-corrected chi connectivity index (χ1v) is 5.13. The molecule has 0 aromatic rings. The molecule has 0 bridgehead atoms. The zero-order valence-corrected chi connectivity index (χ0v) is 9.25. The van der Waals surface area contributed by atoms with E-state index in [1.54, 1.807) is 7.11 Å². The molecule has 13 heavy (non-hydrogen) atoms. The maximum atomic E-state index is 5.90. The summed E-state index contributed by atoms with van der Waals surface area (Å²) in [5, 5.41) is 0. The molecule has 0 fully saturated rings. The topological polar surface area (TPSA) is 38.5 Å². The summed E-state index contributed by atoms with van der Waals surface area (Å²) < 4.78 is 4.99. The number of hydrogen-bond donors (Lipinski definition) is 1. The van der Waals surface area contributed by atoms with Gasteiger partial charge in [-0.25, -0.2) is 0 Å². The molecule has 0 aliphatic carbocycles. The van der Waals surface area contributed by atoms with Crippen molar-refractivity contribution in [1.82, 2.24) is 4.90 Å². The minimum Gasteiger partial charge on any atom is -0.383 e. The molecular weight excluding hydrogens is 164 g/mol. The van der Waals surface area contributed by atoms with Gasteiger partial charge in [-0.05, 0) is 26.4 Å². The van der Waals surface area contributed by atoms with Gasteiger partial charge in [-0.3, -0.25) is 0 Å². The Labute approximate surface area is 82.2 Å². The number of hydrogen-bond acceptors (Lipinski definition) is 3. The van der Waals surface area contributed by atoms with E-state index >= 15 is 0 Å². The van der Waals surface area contributed by atoms with Crippen LogP contribution in [0.4, 0.5) is 0 Å². The Hall–Kier alpha value is -0.120. The number of ether oxygens (including phenoxy) is 1. The van der Waals surface area contributed by atoms with E-state index in [1.807, 2.05) is 0 Å². The average Bonchev–Trinajstić information content (AvgIpc) is 2.12. The highest BCUT2D eigenvalue weighted by molar-refractivity contribution is 4.62. The molecule has 0 saturated carbocycles. The molecule has 0 amide bonds. The molecule has 0 aliphatic heterocycles. The van der Waals surface area contributed by atoms with E-state index in [0.717, 1.165) is 32.5 Å². The molecule has 1 atom stereocenters. The summed E-state index contributed by atoms with van der Waals surface area (Å²) in [7, 11) is 3.84. The van der Waals surface area contributed by atoms with Crippen LogP contribution >= 0.6 is 0 Å². The average molecular weight is 188 g/mol. The van der Waals surface area contributed by atoms with Crippen molar-refractivity contribution < 1.29 is 4.74 Å². The Morgan fingerprint density at radius 3 is 2.54 bits per heavy atom. The van der Waals surface area contributed by atoms with Crippen LogP contribution in [0.5, 0.6) is 0 Å². The minimum absolute atomic E-state index is 0.370. The van der Waals surface area contributed by atoms with Gasteiger partial charge in [-0.1, -0.05) is 13.3 Å². The highest BCUT2D eigenvalue weighted by Crippen LogP contribution is 1.99. The van der Waals surface area contributed by atoms with E-state index in [0.29, 0.717) is 6.04 Å². The van der Waals surface area contributed by atoms with Gasteiger partial charge in [0.1, 0.15) is 0 Å². The summed E-state index contributed by atoms with van der Waals surface area (Å²) in [6.45, 7) is 5.05. The molecule has 1 unspecified atom stereocenters. The molecule has 0 heterocycles. The van der Waals surface area contributed by atoms with E-state index in [2.05, 4.69) is 18.9 Å². The van der Waals surface area contributed by atoms with Crippen molar-refractivity contribution in [2.24, 2.45) is 5.73 Å². The Kier molecular flexibility index (Phi) is 8.40. The van der Waals surface area contributed by atoms with Gasteiger partial charge in [0.25, 0.3) is 0 Å². The van der Waals surface area contributed by atoms with Crippen LogP contribution in [0.25, 0.3) is 0 Å². The molecule has 3 heteroatoms. The Morgan fingerprint density at radius 2 is 2.00 bits per heavy atom. The Bertz CT molecular complexity index is 109. The lowest BCUT2D eigenvalue weighted by atomic mass is 10.1. The van der Waals surface area contributed by atoms with Gasteiger partial charge < -0.3 is 15.4 Å². The van der Waals surface area contributed by atoms with E-state index in [9.17, 15) is 0 Å². The molecule has 3 nitrogen and oxygen atoms in total. The number of nitrogens with two attached hydrogens (primary N) is 1. The number of likely N-dealkylation sites (N-methyl/N-ethyl adjacent to an activating group) is 1. The van der Waals surface area contributed by atoms with Gasteiger partial charge in [0.2, 0.25) is 0 Å². The van der Waals surface area contributed by atoms with Crippen LogP contribution in [0, 0.1) is 0 Å². The maximum absolute atomic E-state index is 5.90. The van der Waals surface area contributed by atoms with Crippen LogP contribution in [0.15, 0.2) is 0 Å². The second-order valence-electron chi connectivity index (χ2n) is 3.63. The molecule has 0 aromatic heterocycles. The molecule has 0 saturated heterocycles. The van der Waals surface area contributed by atoms with Crippen molar-refractivity contribution in [3.05, 3.63) is 0 Å². The SMILES string of the molecule is CCCC(N)CCN(C)CCOC. The first-order chi connectivity index (χ1) is 6.20. The molecule has 0 aliphatic rings. The van der Waals surface area contributed by atoms with Gasteiger partial charge in [0.05, 0.1) is 6.61 Å². The number of methoxy groups -OCH3 is 1. The lowest BCUT2D eigenvalue weighted by Crippen LogP contribution is -2.29. The predicted octanol–water partition coefficient (Wildman–Crippen LogP) is 1.08. The Balaban J connectivity index is 3.29. The molecule has 80 valence electrons. The molecule has 0 spiro atoms. The monoisotopic (exact) mass is 188 g/mol. The molecular formula is C10H24N2O. The Morgan fingerprint density at radius 1 is 1.31 bits per heavy atom. The van der Waals surface area contributed by atoms with Gasteiger partial charge >= 0.3 is 0 Å². The fourth-order valence-electron chi connectivity index (χ4n) is 1.26. The van der Waals surface area contributed by atoms with Crippen molar-refractivity contribution >= 4 is 0 Å². The van der Waals surface area contributed by atoms with Crippen molar-refractivity contribution in [3.63, 3.8) is 0 Å². The van der Waals surface area contributed by atoms with E-state index in [4.69, 9.17) is 10.5 Å². The third-order valence-corrected chi connectivity index (χ3v) is 2.22. The predicted molar refractivity (Wildman–Crippen MR) is 56.9 cm³/mol. The lowest BCUT2D eigenvalue weighted by Gasteiger charge is -2.18. The number of rotatable bonds is 8. The van der Waals surface area contributed by atoms with Gasteiger partial charge in [0.15, 0.2) is 0 Å². The lowest BCUT2D eigenvalue weighted by molar-refractivity contribution is 0.159. The zero-order chi connectivity index (χ0) is 10.1. The summed E-state index contributed by atoms with van der Waals surface area (Å²) in [5.41, 5.74) is 5.90. The van der Waals surface area contributed by atoms with E-state index in [-0.39, 0.29) is 0 Å². The highest BCUT2D eigenvalue weighted by Gasteiger charge is 2.03. The first-order valence-electron chi connectivity index (χ1n) is 5.13. The van der Waals surface area contributed by atoms with Crippen molar-refractivity contribution in [3.8, 4) is 0 Å². The van der Waals surface area contributed by atoms with Crippen LogP contribution < -0.4 is 5.73 Å². The van der Waals surface area contributed by atoms with E-state index < -0.39 is 0 Å². The highest BCUT2D eigenvalue weighted by atomic mass is 16.5. The first kappa shape index (κ1) is 12.9. The maximum Gasteiger partial charge on any atom is 0.0589 e. The summed E-state index contributed by atoms with van der Waals surface area (Å²) >= 11 is 0. The summed E-state index contributed by atoms with van der Waals surface area (Å²) in [6, 6.07) is 0.370. The fourth-order valence-corrected chi connectivity index (χ4v) is 1.26. The van der Waals surface area contributed by atoms with Crippen LogP contribution in [0.3, 0.4) is 0 Å². The summed E-state index contributed by atoms with van der Waals surface area (Å²) in [5.74, 6) is 0. The van der Waals surface area contributed by atoms with E-state index in [1.165, 1.54) is 6.42 Å². The normalized spacial score (nSPS) is 13.6. The van der Waals surface area contributed by atoms with Crippen LogP contribution in [0.1, 0.15) is 26.2 Å². The third-order valence-electron chi connectivity index (χ3n) is 2.22. The van der Waals surface area contributed by atoms with Crippen molar-refractivity contribution in [2.75, 3.05) is 33.9 Å². The van der Waals surface area contributed by atoms with Gasteiger partial charge in [-0.15, -0.1) is 0 Å². The van der Waals surface area contributed by atoms with Crippen LogP contribution in [-0.4, -0.2) is 44.8 Å². The summed E-state index contributed by atoms with van der Waals surface area (Å²) in [6.07, 6.45) is 3.41. The molecule has 0 rings (SSSR count). The zero-order valence-electron chi connectivity index (χ0n) is 9.25. The van der Waals surface area contributed by atoms with Crippen LogP contribution in [-0.2, 0) is 4.74 Å². The quantitative estimate of drug-likeness (QED) is 0.619. The molecule has 0 radical (unpaired) electrons. The number of nitrogens with zero attached hydrogens (tertiary/aromatic N) is 1. The molecule has 2 N–H and O–H groups in total. The second-order valence-corrected chi connectivity index (χ2v) is 3.63. The molecule has 0 aromatic carbocycles. The smallest absolute Gasteiger partial charge is 0.0589 e. The van der Waals surface area contributed by atoms with Gasteiger partial charge in [-0.2, -0.15) is 0 Å². The van der Waals surface area contributed by atoms with Crippen molar-refractivity contribution in [2.45, 2.75) is 32.2 Å². The van der Waals surface area contributed by atoms with Crippen molar-refractivity contribution in [1.29, 1.82) is 0 Å². The second kappa shape index (κ2) is 8.48. The fraction of sp³-hybridized carbons (Fsp3) is 1.00. The summed E-state index contributed by atoms with van der Waals surface area (Å²) in [4.78, 5) is 2.26. The standard InChI is InChI=1S/C10H24N2O/c1-4-5-10(11)6-7-12(2)8-9-13-3/h10H,4-9,11H2,1-3H3. The van der Waals surface area contributed by atoms with Crippen LogP contribution in [0.2, 0.25) is 0 Å². The van der Waals surface area contributed by atoms with Gasteiger partial charge in [0, 0.05) is 19.7 Å². The largest absolute Gasteiger partial charge is 0.383 e. The minimum atomic E-state index is 0.370. The third kappa shape index (κ3) is 8.22.